The van der Waals surface area contributed by atoms with Crippen LogP contribution in [0.4, 0.5) is 13.2 Å². The number of nitrogens with one attached hydrogen (secondary N) is 1. The second-order valence-corrected chi connectivity index (χ2v) is 8.12. The van der Waals surface area contributed by atoms with Crippen LogP contribution < -0.4 is 5.32 Å². The van der Waals surface area contributed by atoms with E-state index in [1.807, 2.05) is 65.6 Å². The van der Waals surface area contributed by atoms with Crippen molar-refractivity contribution in [3.8, 4) is 0 Å². The number of oxazole rings is 1. The number of carbonyl (C=O) groups is 1. The highest BCUT2D eigenvalue weighted by molar-refractivity contribution is 5.91. The van der Waals surface area contributed by atoms with Gasteiger partial charge in [-0.2, -0.15) is 13.2 Å². The van der Waals surface area contributed by atoms with E-state index in [4.69, 9.17) is 4.42 Å². The molecule has 1 N–H and O–H groups in total. The first-order chi connectivity index (χ1) is 16.9. The molecule has 1 amide bonds. The first kappa shape index (κ1) is 24.2. The maximum atomic E-state index is 12.9. The van der Waals surface area contributed by atoms with E-state index in [-0.39, 0.29) is 18.1 Å². The molecule has 0 aliphatic carbocycles. The fourth-order valence-corrected chi connectivity index (χ4v) is 3.61. The Hall–Kier alpha value is -3.91. The summed E-state index contributed by atoms with van der Waals surface area (Å²) in [6, 6.07) is 24.3. The Bertz CT molecular complexity index is 1220. The molecule has 4 aromatic rings. The summed E-state index contributed by atoms with van der Waals surface area (Å²) < 4.78 is 44.3. The molecule has 0 fully saturated rings. The van der Waals surface area contributed by atoms with Crippen LogP contribution in [0.15, 0.2) is 95.6 Å². The van der Waals surface area contributed by atoms with Crippen LogP contribution in [0, 0.1) is 0 Å². The van der Waals surface area contributed by atoms with Gasteiger partial charge in [-0.15, -0.1) is 0 Å². The molecule has 0 aliphatic rings. The number of benzene rings is 3. The molecule has 0 unspecified atom stereocenters. The average Bonchev–Trinajstić information content (AvgIpc) is 3.32. The molecule has 35 heavy (non-hydrogen) atoms. The van der Waals surface area contributed by atoms with Gasteiger partial charge in [-0.05, 0) is 28.8 Å². The average molecular weight is 480 g/mol. The van der Waals surface area contributed by atoms with Gasteiger partial charge in [0.25, 0.3) is 5.91 Å². The van der Waals surface area contributed by atoms with Crippen molar-refractivity contribution in [1.82, 2.24) is 15.2 Å². The molecule has 0 radical (unpaired) electrons. The third kappa shape index (κ3) is 7.04. The normalized spacial score (nSPS) is 11.5. The van der Waals surface area contributed by atoms with Crippen molar-refractivity contribution in [2.45, 2.75) is 32.4 Å². The molecule has 5 nitrogen and oxygen atoms in total. The van der Waals surface area contributed by atoms with Gasteiger partial charge in [0.1, 0.15) is 6.26 Å². The number of halogens is 3. The number of alkyl halides is 3. The highest BCUT2D eigenvalue weighted by Crippen LogP contribution is 2.29. The second kappa shape index (κ2) is 11.0. The van der Waals surface area contributed by atoms with Gasteiger partial charge in [0.2, 0.25) is 5.89 Å². The highest BCUT2D eigenvalue weighted by atomic mass is 19.4. The summed E-state index contributed by atoms with van der Waals surface area (Å²) in [6.45, 7) is 1.56. The summed E-state index contributed by atoms with van der Waals surface area (Å²) in [5, 5.41) is 2.81. The van der Waals surface area contributed by atoms with Gasteiger partial charge in [0, 0.05) is 19.6 Å². The lowest BCUT2D eigenvalue weighted by molar-refractivity contribution is -0.137. The maximum absolute atomic E-state index is 12.9. The molecule has 0 atom stereocenters. The maximum Gasteiger partial charge on any atom is 0.416 e. The second-order valence-electron chi connectivity index (χ2n) is 8.12. The van der Waals surface area contributed by atoms with E-state index >= 15 is 0 Å². The summed E-state index contributed by atoms with van der Waals surface area (Å²) in [7, 11) is 0. The van der Waals surface area contributed by atoms with Crippen molar-refractivity contribution in [2.75, 3.05) is 0 Å². The fraction of sp³-hybridized carbons (Fsp3) is 0.185. The van der Waals surface area contributed by atoms with E-state index in [9.17, 15) is 18.0 Å². The number of nitrogens with zero attached hydrogens (tertiary/aromatic N) is 2. The van der Waals surface area contributed by atoms with Crippen molar-refractivity contribution in [1.29, 1.82) is 0 Å². The monoisotopic (exact) mass is 479 g/mol. The molecule has 8 heteroatoms. The minimum atomic E-state index is -4.38. The first-order valence-electron chi connectivity index (χ1n) is 11.1. The van der Waals surface area contributed by atoms with Crippen LogP contribution in [-0.2, 0) is 32.4 Å². The van der Waals surface area contributed by atoms with Gasteiger partial charge in [-0.3, -0.25) is 9.69 Å². The zero-order chi connectivity index (χ0) is 24.7. The zero-order valence-corrected chi connectivity index (χ0v) is 18.8. The van der Waals surface area contributed by atoms with Crippen molar-refractivity contribution in [2.24, 2.45) is 0 Å². The molecule has 3 aromatic carbocycles. The van der Waals surface area contributed by atoms with Gasteiger partial charge in [0.15, 0.2) is 5.69 Å². The van der Waals surface area contributed by atoms with Crippen molar-refractivity contribution in [3.05, 3.63) is 125 Å². The molecule has 1 aromatic heterocycles. The van der Waals surface area contributed by atoms with Crippen LogP contribution in [0.5, 0.6) is 0 Å². The van der Waals surface area contributed by atoms with Crippen molar-refractivity contribution < 1.29 is 22.4 Å². The van der Waals surface area contributed by atoms with E-state index < -0.39 is 11.7 Å². The number of aromatic nitrogens is 1. The van der Waals surface area contributed by atoms with Crippen LogP contribution in [-0.4, -0.2) is 15.8 Å². The van der Waals surface area contributed by atoms with Gasteiger partial charge < -0.3 is 9.73 Å². The topological polar surface area (TPSA) is 58.4 Å². The third-order valence-electron chi connectivity index (χ3n) is 5.38. The number of hydrogen-bond donors (Lipinski definition) is 1. The Morgan fingerprint density at radius 1 is 0.800 bits per heavy atom. The highest BCUT2D eigenvalue weighted by Gasteiger charge is 2.30. The summed E-state index contributed by atoms with van der Waals surface area (Å²) in [5.74, 6) is -0.00101. The number of rotatable bonds is 9. The van der Waals surface area contributed by atoms with Crippen LogP contribution in [0.3, 0.4) is 0 Å². The number of amides is 1. The predicted molar refractivity (Wildman–Crippen MR) is 125 cm³/mol. The Morgan fingerprint density at radius 3 is 1.97 bits per heavy atom. The molecule has 0 saturated carbocycles. The summed E-state index contributed by atoms with van der Waals surface area (Å²) >= 11 is 0. The molecule has 0 spiro atoms. The summed E-state index contributed by atoms with van der Waals surface area (Å²) in [4.78, 5) is 18.8. The van der Waals surface area contributed by atoms with E-state index in [0.717, 1.165) is 28.8 Å². The van der Waals surface area contributed by atoms with E-state index in [1.165, 1.54) is 18.4 Å². The predicted octanol–water partition coefficient (Wildman–Crippen LogP) is 5.83. The smallest absolute Gasteiger partial charge is 0.416 e. The Morgan fingerprint density at radius 2 is 1.37 bits per heavy atom. The Kier molecular flexibility index (Phi) is 7.62. The summed E-state index contributed by atoms with van der Waals surface area (Å²) in [6.07, 6.45) is -3.06. The van der Waals surface area contributed by atoms with Crippen LogP contribution >= 0.6 is 0 Å². The Balaban J connectivity index is 1.44. The van der Waals surface area contributed by atoms with E-state index in [2.05, 4.69) is 10.3 Å². The molecule has 0 saturated heterocycles. The van der Waals surface area contributed by atoms with Crippen molar-refractivity contribution >= 4 is 5.91 Å². The first-order valence-corrected chi connectivity index (χ1v) is 11.1. The minimum absolute atomic E-state index is 0.171. The van der Waals surface area contributed by atoms with Crippen LogP contribution in [0.2, 0.25) is 0 Å². The molecular weight excluding hydrogens is 455 g/mol. The third-order valence-corrected chi connectivity index (χ3v) is 5.38. The van der Waals surface area contributed by atoms with Crippen molar-refractivity contribution in [3.63, 3.8) is 0 Å². The minimum Gasteiger partial charge on any atom is -0.447 e. The van der Waals surface area contributed by atoms with Gasteiger partial charge >= 0.3 is 6.18 Å². The van der Waals surface area contributed by atoms with E-state index in [0.29, 0.717) is 25.5 Å². The SMILES string of the molecule is O=C(NCc1ccccc1)c1coc(CN(Cc2ccccc2)Cc2ccc(C(F)(F)F)cc2)n1. The zero-order valence-electron chi connectivity index (χ0n) is 18.8. The lowest BCUT2D eigenvalue weighted by atomic mass is 10.1. The molecule has 1 heterocycles. The lowest BCUT2D eigenvalue weighted by Gasteiger charge is -2.21. The Labute approximate surface area is 201 Å². The van der Waals surface area contributed by atoms with Crippen LogP contribution in [0.25, 0.3) is 0 Å². The van der Waals surface area contributed by atoms with Gasteiger partial charge in [-0.1, -0.05) is 72.8 Å². The van der Waals surface area contributed by atoms with Crippen LogP contribution in [0.1, 0.15) is 38.6 Å². The largest absolute Gasteiger partial charge is 0.447 e. The molecular formula is C27H24F3N3O2. The molecule has 180 valence electrons. The molecule has 0 bridgehead atoms. The fourth-order valence-electron chi connectivity index (χ4n) is 3.61. The lowest BCUT2D eigenvalue weighted by Crippen LogP contribution is -2.24. The number of carbonyl (C=O) groups excluding carboxylic acids is 1. The standard InChI is InChI=1S/C27H24F3N3O2/c28-27(29,30)23-13-11-22(12-14-23)17-33(16-21-9-5-2-6-10-21)18-25-32-24(19-35-25)26(34)31-15-20-7-3-1-4-8-20/h1-14,19H,15-18H2,(H,31,34). The number of hydrogen-bond acceptors (Lipinski definition) is 4. The van der Waals surface area contributed by atoms with Gasteiger partial charge in [0.05, 0.1) is 12.1 Å². The molecule has 0 aliphatic heterocycles. The quantitative estimate of drug-likeness (QED) is 0.328. The summed E-state index contributed by atoms with van der Waals surface area (Å²) in [5.41, 5.74) is 2.21. The molecule has 4 rings (SSSR count). The van der Waals surface area contributed by atoms with E-state index in [1.54, 1.807) is 0 Å². The van der Waals surface area contributed by atoms with Gasteiger partial charge in [-0.25, -0.2) is 4.98 Å².